The average molecular weight is 396 g/mol. The van der Waals surface area contributed by atoms with Crippen molar-refractivity contribution in [1.82, 2.24) is 4.57 Å². The van der Waals surface area contributed by atoms with Gasteiger partial charge in [0.15, 0.2) is 0 Å². The fraction of sp³-hybridized carbons (Fsp3) is 0.222. The molecule has 0 saturated heterocycles. The second kappa shape index (κ2) is 7.83. The molecular formula is C27H25NO2. The molecule has 1 aliphatic carbocycles. The van der Waals surface area contributed by atoms with Crippen LogP contribution in [-0.2, 0) is 0 Å². The topological polar surface area (TPSA) is 42.2 Å². The Bertz CT molecular complexity index is 1190. The van der Waals surface area contributed by atoms with E-state index in [4.69, 9.17) is 0 Å². The Hall–Kier alpha value is -3.33. The average Bonchev–Trinajstić information content (AvgIpc) is 3.15. The molecule has 0 aliphatic heterocycles. The summed E-state index contributed by atoms with van der Waals surface area (Å²) in [5.74, 6) is -0.393. The number of hydrogen-bond donors (Lipinski definition) is 1. The summed E-state index contributed by atoms with van der Waals surface area (Å²) < 4.78 is 2.26. The van der Waals surface area contributed by atoms with Gasteiger partial charge in [0.2, 0.25) is 0 Å². The summed E-state index contributed by atoms with van der Waals surface area (Å²) in [4.78, 5) is 11.7. The maximum Gasteiger partial charge on any atom is 0.335 e. The molecule has 30 heavy (non-hydrogen) atoms. The number of aromatic nitrogens is 1. The molecule has 0 bridgehead atoms. The van der Waals surface area contributed by atoms with Crippen molar-refractivity contribution >= 4 is 16.9 Å². The molecule has 4 aromatic rings. The van der Waals surface area contributed by atoms with Crippen LogP contribution in [0.5, 0.6) is 0 Å². The van der Waals surface area contributed by atoms with E-state index in [0.29, 0.717) is 11.5 Å². The van der Waals surface area contributed by atoms with Crippen LogP contribution < -0.4 is 0 Å². The molecule has 1 fully saturated rings. The molecule has 5 rings (SSSR count). The first-order chi connectivity index (χ1) is 14.7. The minimum Gasteiger partial charge on any atom is -0.478 e. The molecular weight excluding hydrogens is 370 g/mol. The Kier molecular flexibility index (Phi) is 4.88. The van der Waals surface area contributed by atoms with Crippen LogP contribution in [0.3, 0.4) is 0 Å². The zero-order valence-electron chi connectivity index (χ0n) is 16.9. The van der Waals surface area contributed by atoms with E-state index >= 15 is 0 Å². The summed E-state index contributed by atoms with van der Waals surface area (Å²) in [5, 5.41) is 10.8. The number of carbonyl (C=O) groups is 1. The Morgan fingerprint density at radius 2 is 1.50 bits per heavy atom. The summed E-state index contributed by atoms with van der Waals surface area (Å²) in [6.07, 6.45) is 6.19. The second-order valence-electron chi connectivity index (χ2n) is 8.17. The molecule has 1 heterocycles. The molecule has 3 aromatic carbocycles. The zero-order chi connectivity index (χ0) is 20.5. The smallest absolute Gasteiger partial charge is 0.335 e. The van der Waals surface area contributed by atoms with Gasteiger partial charge >= 0.3 is 5.97 Å². The molecule has 1 N–H and O–H groups in total. The predicted octanol–water partition coefficient (Wildman–Crippen LogP) is 7.04. The van der Waals surface area contributed by atoms with Crippen molar-refractivity contribution in [1.29, 1.82) is 0 Å². The molecule has 3 nitrogen and oxygen atoms in total. The van der Waals surface area contributed by atoms with Crippen LogP contribution >= 0.6 is 0 Å². The van der Waals surface area contributed by atoms with Crippen molar-refractivity contribution in [2.45, 2.75) is 38.0 Å². The van der Waals surface area contributed by atoms with E-state index in [1.54, 1.807) is 6.07 Å². The minimum atomic E-state index is -0.891. The lowest BCUT2D eigenvalue weighted by Gasteiger charge is -2.23. The van der Waals surface area contributed by atoms with Crippen LogP contribution in [0.15, 0.2) is 78.9 Å². The number of carboxylic acid groups (broad SMARTS) is 1. The molecule has 0 atom stereocenters. The Balaban J connectivity index is 1.90. The van der Waals surface area contributed by atoms with Crippen molar-refractivity contribution in [2.24, 2.45) is 0 Å². The van der Waals surface area contributed by atoms with Gasteiger partial charge < -0.3 is 9.67 Å². The van der Waals surface area contributed by atoms with Gasteiger partial charge in [0.25, 0.3) is 0 Å². The molecule has 0 radical (unpaired) electrons. The second-order valence-corrected chi connectivity index (χ2v) is 8.17. The monoisotopic (exact) mass is 395 g/mol. The van der Waals surface area contributed by atoms with E-state index in [-0.39, 0.29) is 0 Å². The van der Waals surface area contributed by atoms with Crippen LogP contribution in [0, 0.1) is 0 Å². The molecule has 0 spiro atoms. The fourth-order valence-corrected chi connectivity index (χ4v) is 4.98. The summed E-state index contributed by atoms with van der Waals surface area (Å²) in [7, 11) is 0. The third kappa shape index (κ3) is 3.21. The molecule has 150 valence electrons. The van der Waals surface area contributed by atoms with Crippen molar-refractivity contribution in [3.05, 3.63) is 90.0 Å². The summed E-state index contributed by atoms with van der Waals surface area (Å²) >= 11 is 0. The summed E-state index contributed by atoms with van der Waals surface area (Å²) in [6.45, 7) is 0. The number of hydrogen-bond acceptors (Lipinski definition) is 1. The Morgan fingerprint density at radius 3 is 2.17 bits per heavy atom. The van der Waals surface area contributed by atoms with Gasteiger partial charge in [-0.05, 0) is 54.2 Å². The minimum absolute atomic E-state index is 0.326. The number of fused-ring (bicyclic) bond motifs is 1. The van der Waals surface area contributed by atoms with Crippen molar-refractivity contribution in [2.75, 3.05) is 0 Å². The van der Waals surface area contributed by atoms with Gasteiger partial charge in [0.05, 0.1) is 16.8 Å². The Morgan fingerprint density at radius 1 is 0.833 bits per heavy atom. The number of carboxylic acids is 1. The third-order valence-corrected chi connectivity index (χ3v) is 6.33. The van der Waals surface area contributed by atoms with Crippen molar-refractivity contribution in [3.8, 4) is 16.9 Å². The highest BCUT2D eigenvalue weighted by molar-refractivity contribution is 5.99. The first-order valence-electron chi connectivity index (χ1n) is 10.8. The lowest BCUT2D eigenvalue weighted by atomic mass is 9.82. The molecule has 1 saturated carbocycles. The molecule has 0 amide bonds. The van der Waals surface area contributed by atoms with Crippen LogP contribution in [0.2, 0.25) is 0 Å². The van der Waals surface area contributed by atoms with E-state index in [1.165, 1.54) is 54.3 Å². The molecule has 0 unspecified atom stereocenters. The first kappa shape index (κ1) is 18.7. The van der Waals surface area contributed by atoms with Crippen molar-refractivity contribution < 1.29 is 9.90 Å². The molecule has 1 aliphatic rings. The van der Waals surface area contributed by atoms with E-state index in [2.05, 4.69) is 41.0 Å². The quantitative estimate of drug-likeness (QED) is 0.402. The van der Waals surface area contributed by atoms with Crippen LogP contribution in [-0.4, -0.2) is 15.6 Å². The highest BCUT2D eigenvalue weighted by Gasteiger charge is 2.27. The summed E-state index contributed by atoms with van der Waals surface area (Å²) in [5.41, 5.74) is 6.11. The van der Waals surface area contributed by atoms with Gasteiger partial charge in [-0.1, -0.05) is 73.9 Å². The lowest BCUT2D eigenvalue weighted by Crippen LogP contribution is -2.06. The number of para-hydroxylation sites is 1. The standard InChI is InChI=1S/C27H25NO2/c29-27(30)21-16-17-23-24(18-21)28(22-14-8-3-9-15-22)26(20-12-6-2-7-13-20)25(23)19-10-4-1-5-11-19/h2-3,6-9,12-19H,1,4-5,10-11H2,(H,29,30). The van der Waals surface area contributed by atoms with Gasteiger partial charge in [-0.2, -0.15) is 0 Å². The first-order valence-corrected chi connectivity index (χ1v) is 10.8. The fourth-order valence-electron chi connectivity index (χ4n) is 4.98. The van der Waals surface area contributed by atoms with Gasteiger partial charge in [0.1, 0.15) is 0 Å². The maximum atomic E-state index is 11.7. The van der Waals surface area contributed by atoms with Crippen LogP contribution in [0.25, 0.3) is 27.8 Å². The van der Waals surface area contributed by atoms with Crippen molar-refractivity contribution in [3.63, 3.8) is 0 Å². The van der Waals surface area contributed by atoms with Gasteiger partial charge in [-0.15, -0.1) is 0 Å². The predicted molar refractivity (Wildman–Crippen MR) is 121 cm³/mol. The number of benzene rings is 3. The van der Waals surface area contributed by atoms with Gasteiger partial charge in [-0.3, -0.25) is 0 Å². The van der Waals surface area contributed by atoms with Gasteiger partial charge in [-0.25, -0.2) is 4.79 Å². The molecule has 3 heteroatoms. The number of nitrogens with zero attached hydrogens (tertiary/aromatic N) is 1. The highest BCUT2D eigenvalue weighted by atomic mass is 16.4. The SMILES string of the molecule is O=C(O)c1ccc2c(C3CCCCC3)c(-c3ccccc3)n(-c3ccccc3)c2c1. The largest absolute Gasteiger partial charge is 0.478 e. The normalized spacial score (nSPS) is 14.8. The van der Waals surface area contributed by atoms with Gasteiger partial charge in [0, 0.05) is 11.1 Å². The van der Waals surface area contributed by atoms with E-state index in [1.807, 2.05) is 36.4 Å². The van der Waals surface area contributed by atoms with E-state index in [9.17, 15) is 9.90 Å². The highest BCUT2D eigenvalue weighted by Crippen LogP contribution is 2.45. The van der Waals surface area contributed by atoms with E-state index in [0.717, 1.165) is 11.2 Å². The third-order valence-electron chi connectivity index (χ3n) is 6.33. The summed E-state index contributed by atoms with van der Waals surface area (Å²) in [6, 6.07) is 26.4. The lowest BCUT2D eigenvalue weighted by molar-refractivity contribution is 0.0697. The van der Waals surface area contributed by atoms with Crippen LogP contribution in [0.4, 0.5) is 0 Å². The number of aromatic carboxylic acids is 1. The Labute approximate surface area is 176 Å². The van der Waals surface area contributed by atoms with Crippen LogP contribution in [0.1, 0.15) is 53.9 Å². The number of rotatable bonds is 4. The molecule has 1 aromatic heterocycles. The maximum absolute atomic E-state index is 11.7. The van der Waals surface area contributed by atoms with E-state index < -0.39 is 5.97 Å². The zero-order valence-corrected chi connectivity index (χ0v) is 16.9.